The number of carbonyl (C=O) groups excluding carboxylic acids is 2. The first kappa shape index (κ1) is 20.9. The van der Waals surface area contributed by atoms with Gasteiger partial charge in [0.1, 0.15) is 5.75 Å². The molecule has 0 aliphatic carbocycles. The summed E-state index contributed by atoms with van der Waals surface area (Å²) in [5, 5.41) is 2.76. The summed E-state index contributed by atoms with van der Waals surface area (Å²) in [5.74, 6) is 0.469. The Bertz CT molecular complexity index is 823. The SMILES string of the molecule is CC(=O)Nc1ccc(N(CC2CCCN2C)C(=O)C(C)Oc2ccccc2)cc1. The van der Waals surface area contributed by atoms with Gasteiger partial charge in [-0.25, -0.2) is 0 Å². The van der Waals surface area contributed by atoms with Crippen LogP contribution in [0.2, 0.25) is 0 Å². The van der Waals surface area contributed by atoms with Crippen molar-refractivity contribution in [2.24, 2.45) is 0 Å². The molecule has 1 heterocycles. The van der Waals surface area contributed by atoms with Gasteiger partial charge in [0.15, 0.2) is 6.10 Å². The maximum Gasteiger partial charge on any atom is 0.267 e. The summed E-state index contributed by atoms with van der Waals surface area (Å²) in [4.78, 5) is 28.7. The van der Waals surface area contributed by atoms with Gasteiger partial charge < -0.3 is 19.9 Å². The Hall–Kier alpha value is -2.86. The summed E-state index contributed by atoms with van der Waals surface area (Å²) in [6, 6.07) is 17.1. The number of carbonyl (C=O) groups is 2. The molecule has 2 aromatic rings. The number of amides is 2. The van der Waals surface area contributed by atoms with E-state index in [-0.39, 0.29) is 11.8 Å². The minimum absolute atomic E-state index is 0.0820. The lowest BCUT2D eigenvalue weighted by atomic mass is 10.1. The molecule has 2 unspecified atom stereocenters. The lowest BCUT2D eigenvalue weighted by molar-refractivity contribution is -0.124. The molecule has 154 valence electrons. The molecule has 2 amide bonds. The maximum atomic E-state index is 13.3. The number of rotatable bonds is 7. The number of ether oxygens (including phenoxy) is 1. The van der Waals surface area contributed by atoms with Crippen molar-refractivity contribution in [3.05, 3.63) is 54.6 Å². The minimum atomic E-state index is -0.612. The molecule has 1 aliphatic rings. The van der Waals surface area contributed by atoms with Crippen molar-refractivity contribution in [3.8, 4) is 5.75 Å². The molecule has 6 heteroatoms. The predicted molar refractivity (Wildman–Crippen MR) is 115 cm³/mol. The quantitative estimate of drug-likeness (QED) is 0.779. The molecule has 0 aromatic heterocycles. The zero-order chi connectivity index (χ0) is 20.8. The first-order chi connectivity index (χ1) is 13.9. The Kier molecular flexibility index (Phi) is 6.88. The average molecular weight is 396 g/mol. The number of benzene rings is 2. The summed E-state index contributed by atoms with van der Waals surface area (Å²) < 4.78 is 5.88. The molecule has 0 bridgehead atoms. The molecule has 1 aliphatic heterocycles. The molecule has 1 N–H and O–H groups in total. The van der Waals surface area contributed by atoms with Gasteiger partial charge in [-0.05, 0) is 69.8 Å². The van der Waals surface area contributed by atoms with Crippen molar-refractivity contribution < 1.29 is 14.3 Å². The lowest BCUT2D eigenvalue weighted by Crippen LogP contribution is -2.46. The van der Waals surface area contributed by atoms with E-state index in [1.165, 1.54) is 6.92 Å². The molecule has 0 radical (unpaired) electrons. The van der Waals surface area contributed by atoms with E-state index in [9.17, 15) is 9.59 Å². The van der Waals surface area contributed by atoms with Gasteiger partial charge in [-0.2, -0.15) is 0 Å². The van der Waals surface area contributed by atoms with E-state index in [4.69, 9.17) is 4.74 Å². The molecule has 6 nitrogen and oxygen atoms in total. The van der Waals surface area contributed by atoms with Crippen LogP contribution in [0.15, 0.2) is 54.6 Å². The van der Waals surface area contributed by atoms with Gasteiger partial charge in [-0.3, -0.25) is 9.59 Å². The van der Waals surface area contributed by atoms with E-state index >= 15 is 0 Å². The molecule has 0 spiro atoms. The fourth-order valence-corrected chi connectivity index (χ4v) is 3.64. The molecule has 1 fully saturated rings. The molecule has 1 saturated heterocycles. The molecule has 29 heavy (non-hydrogen) atoms. The number of nitrogens with zero attached hydrogens (tertiary/aromatic N) is 2. The summed E-state index contributed by atoms with van der Waals surface area (Å²) >= 11 is 0. The summed E-state index contributed by atoms with van der Waals surface area (Å²) in [6.45, 7) is 4.91. The molecular formula is C23H29N3O3. The third-order valence-corrected chi connectivity index (χ3v) is 5.23. The normalized spacial score (nSPS) is 17.6. The summed E-state index contributed by atoms with van der Waals surface area (Å²) in [5.41, 5.74) is 1.51. The van der Waals surface area contributed by atoms with Crippen LogP contribution in [0.3, 0.4) is 0 Å². The van der Waals surface area contributed by atoms with Crippen LogP contribution in [-0.4, -0.2) is 49.0 Å². The van der Waals surface area contributed by atoms with Crippen LogP contribution in [0.25, 0.3) is 0 Å². The van der Waals surface area contributed by atoms with Crippen LogP contribution in [-0.2, 0) is 9.59 Å². The van der Waals surface area contributed by atoms with Gasteiger partial charge >= 0.3 is 0 Å². The molecule has 2 atom stereocenters. The van der Waals surface area contributed by atoms with Crippen LogP contribution >= 0.6 is 0 Å². The largest absolute Gasteiger partial charge is 0.481 e. The fraction of sp³-hybridized carbons (Fsp3) is 0.391. The van der Waals surface area contributed by atoms with Gasteiger partial charge in [-0.15, -0.1) is 0 Å². The fourth-order valence-electron chi connectivity index (χ4n) is 3.64. The van der Waals surface area contributed by atoms with Crippen molar-refractivity contribution in [1.82, 2.24) is 4.90 Å². The van der Waals surface area contributed by atoms with Gasteiger partial charge in [0.05, 0.1) is 0 Å². The second kappa shape index (κ2) is 9.56. The van der Waals surface area contributed by atoms with E-state index < -0.39 is 6.10 Å². The zero-order valence-electron chi connectivity index (χ0n) is 17.3. The van der Waals surface area contributed by atoms with Crippen molar-refractivity contribution in [2.45, 2.75) is 38.8 Å². The van der Waals surface area contributed by atoms with Crippen LogP contribution in [0.4, 0.5) is 11.4 Å². The van der Waals surface area contributed by atoms with Gasteiger partial charge in [0, 0.05) is 30.9 Å². The number of nitrogens with one attached hydrogen (secondary N) is 1. The van der Waals surface area contributed by atoms with E-state index in [1.807, 2.05) is 54.6 Å². The van der Waals surface area contributed by atoms with Crippen molar-refractivity contribution in [3.63, 3.8) is 0 Å². The number of likely N-dealkylation sites (tertiary alicyclic amines) is 1. The number of hydrogen-bond donors (Lipinski definition) is 1. The summed E-state index contributed by atoms with van der Waals surface area (Å²) in [6.07, 6.45) is 1.60. The van der Waals surface area contributed by atoms with Gasteiger partial charge in [0.2, 0.25) is 5.91 Å². The molecule has 2 aromatic carbocycles. The van der Waals surface area contributed by atoms with Crippen molar-refractivity contribution >= 4 is 23.2 Å². The third-order valence-electron chi connectivity index (χ3n) is 5.23. The van der Waals surface area contributed by atoms with Crippen LogP contribution in [0.5, 0.6) is 5.75 Å². The predicted octanol–water partition coefficient (Wildman–Crippen LogP) is 3.54. The Morgan fingerprint density at radius 3 is 2.45 bits per heavy atom. The monoisotopic (exact) mass is 395 g/mol. The van der Waals surface area contributed by atoms with E-state index in [0.717, 1.165) is 25.1 Å². The molecular weight excluding hydrogens is 366 g/mol. The topological polar surface area (TPSA) is 61.9 Å². The highest BCUT2D eigenvalue weighted by Crippen LogP contribution is 2.24. The minimum Gasteiger partial charge on any atom is -0.481 e. The van der Waals surface area contributed by atoms with Crippen molar-refractivity contribution in [2.75, 3.05) is 30.4 Å². The molecule has 3 rings (SSSR count). The Balaban J connectivity index is 1.79. The second-order valence-corrected chi connectivity index (χ2v) is 7.53. The second-order valence-electron chi connectivity index (χ2n) is 7.53. The van der Waals surface area contributed by atoms with E-state index in [0.29, 0.717) is 24.0 Å². The Morgan fingerprint density at radius 2 is 1.86 bits per heavy atom. The summed E-state index contributed by atoms with van der Waals surface area (Å²) in [7, 11) is 2.10. The maximum absolute atomic E-state index is 13.3. The Morgan fingerprint density at radius 1 is 1.17 bits per heavy atom. The van der Waals surface area contributed by atoms with E-state index in [1.54, 1.807) is 11.8 Å². The molecule has 0 saturated carbocycles. The first-order valence-electron chi connectivity index (χ1n) is 10.0. The standard InChI is InChI=1S/C23H29N3O3/c1-17(29-22-9-5-4-6-10-22)23(28)26(16-21-8-7-15-25(21)3)20-13-11-19(12-14-20)24-18(2)27/h4-6,9-14,17,21H,7-8,15-16H2,1-3H3,(H,24,27). The average Bonchev–Trinajstić information content (AvgIpc) is 3.11. The van der Waals surface area contributed by atoms with Crippen LogP contribution < -0.4 is 15.0 Å². The van der Waals surface area contributed by atoms with E-state index in [2.05, 4.69) is 17.3 Å². The third kappa shape index (κ3) is 5.57. The van der Waals surface area contributed by atoms with Gasteiger partial charge in [-0.1, -0.05) is 18.2 Å². The lowest BCUT2D eigenvalue weighted by Gasteiger charge is -2.31. The number of likely N-dealkylation sites (N-methyl/N-ethyl adjacent to an activating group) is 1. The number of anilines is 2. The van der Waals surface area contributed by atoms with Crippen molar-refractivity contribution in [1.29, 1.82) is 0 Å². The van der Waals surface area contributed by atoms with Crippen LogP contribution in [0.1, 0.15) is 26.7 Å². The highest BCUT2D eigenvalue weighted by Gasteiger charge is 2.29. The Labute approximate surface area is 172 Å². The first-order valence-corrected chi connectivity index (χ1v) is 10.0. The zero-order valence-corrected chi connectivity index (χ0v) is 17.3. The number of hydrogen-bond acceptors (Lipinski definition) is 4. The number of para-hydroxylation sites is 1. The smallest absolute Gasteiger partial charge is 0.267 e. The highest BCUT2D eigenvalue weighted by atomic mass is 16.5. The van der Waals surface area contributed by atoms with Gasteiger partial charge in [0.25, 0.3) is 5.91 Å². The van der Waals surface area contributed by atoms with Crippen LogP contribution in [0, 0.1) is 0 Å². The highest BCUT2D eigenvalue weighted by molar-refractivity contribution is 5.97.